The molecule has 0 atom stereocenters. The lowest BCUT2D eigenvalue weighted by atomic mass is 10.1. The Kier molecular flexibility index (Phi) is 1.80. The minimum Gasteiger partial charge on any atom is -0.490 e. The molecular formula is C11H14O. The van der Waals surface area contributed by atoms with Gasteiger partial charge in [0, 0.05) is 0 Å². The Morgan fingerprint density at radius 1 is 1.17 bits per heavy atom. The SMILES string of the molecule is Cc1cccc(C)c1OC1CC1. The van der Waals surface area contributed by atoms with Gasteiger partial charge in [-0.2, -0.15) is 0 Å². The number of ether oxygens (including phenoxy) is 1. The van der Waals surface area contributed by atoms with Gasteiger partial charge in [0.2, 0.25) is 0 Å². The molecule has 0 bridgehead atoms. The molecule has 1 nitrogen and oxygen atoms in total. The summed E-state index contributed by atoms with van der Waals surface area (Å²) in [6.45, 7) is 4.20. The molecule has 0 N–H and O–H groups in total. The maximum absolute atomic E-state index is 5.79. The van der Waals surface area contributed by atoms with Crippen LogP contribution in [0.25, 0.3) is 0 Å². The maximum Gasteiger partial charge on any atom is 0.125 e. The normalized spacial score (nSPS) is 16.2. The van der Waals surface area contributed by atoms with Crippen molar-refractivity contribution in [2.45, 2.75) is 32.8 Å². The van der Waals surface area contributed by atoms with Crippen molar-refractivity contribution in [3.63, 3.8) is 0 Å². The van der Waals surface area contributed by atoms with Crippen LogP contribution in [0.3, 0.4) is 0 Å². The summed E-state index contributed by atoms with van der Waals surface area (Å²) in [5.41, 5.74) is 2.50. The van der Waals surface area contributed by atoms with Crippen LogP contribution < -0.4 is 4.74 Å². The van der Waals surface area contributed by atoms with E-state index in [1.165, 1.54) is 24.0 Å². The predicted molar refractivity (Wildman–Crippen MR) is 49.6 cm³/mol. The Morgan fingerprint density at radius 2 is 1.75 bits per heavy atom. The molecule has 0 unspecified atom stereocenters. The van der Waals surface area contributed by atoms with E-state index >= 15 is 0 Å². The molecule has 0 radical (unpaired) electrons. The van der Waals surface area contributed by atoms with Gasteiger partial charge in [-0.25, -0.2) is 0 Å². The number of hydrogen-bond donors (Lipinski definition) is 0. The summed E-state index contributed by atoms with van der Waals surface area (Å²) in [7, 11) is 0. The minimum atomic E-state index is 0.504. The average Bonchev–Trinajstić information content (AvgIpc) is 2.80. The van der Waals surface area contributed by atoms with Crippen molar-refractivity contribution in [1.82, 2.24) is 0 Å². The third-order valence-electron chi connectivity index (χ3n) is 2.22. The smallest absolute Gasteiger partial charge is 0.125 e. The van der Waals surface area contributed by atoms with Gasteiger partial charge in [0.25, 0.3) is 0 Å². The molecule has 12 heavy (non-hydrogen) atoms. The van der Waals surface area contributed by atoms with Crippen LogP contribution in [0.15, 0.2) is 18.2 Å². The lowest BCUT2D eigenvalue weighted by Gasteiger charge is -2.10. The first kappa shape index (κ1) is 7.66. The van der Waals surface area contributed by atoms with E-state index in [0.717, 1.165) is 5.75 Å². The highest BCUT2D eigenvalue weighted by molar-refractivity contribution is 5.40. The highest BCUT2D eigenvalue weighted by Gasteiger charge is 2.24. The fourth-order valence-electron chi connectivity index (χ4n) is 1.34. The summed E-state index contributed by atoms with van der Waals surface area (Å²) in [5, 5.41) is 0. The number of hydrogen-bond acceptors (Lipinski definition) is 1. The van der Waals surface area contributed by atoms with Crippen molar-refractivity contribution >= 4 is 0 Å². The molecular weight excluding hydrogens is 148 g/mol. The van der Waals surface area contributed by atoms with Crippen LogP contribution >= 0.6 is 0 Å². The highest BCUT2D eigenvalue weighted by atomic mass is 16.5. The molecule has 0 heterocycles. The molecule has 1 heteroatoms. The van der Waals surface area contributed by atoms with Crippen LogP contribution in [-0.2, 0) is 0 Å². The zero-order chi connectivity index (χ0) is 8.55. The Morgan fingerprint density at radius 3 is 2.25 bits per heavy atom. The van der Waals surface area contributed by atoms with E-state index in [4.69, 9.17) is 4.74 Å². The summed E-state index contributed by atoms with van der Waals surface area (Å²) in [6.07, 6.45) is 2.96. The van der Waals surface area contributed by atoms with Gasteiger partial charge in [0.15, 0.2) is 0 Å². The largest absolute Gasteiger partial charge is 0.490 e. The molecule has 0 amide bonds. The van der Waals surface area contributed by atoms with Crippen LogP contribution in [0.5, 0.6) is 5.75 Å². The van der Waals surface area contributed by atoms with Crippen molar-refractivity contribution in [3.8, 4) is 5.75 Å². The second-order valence-corrected chi connectivity index (χ2v) is 3.54. The van der Waals surface area contributed by atoms with Gasteiger partial charge in [-0.1, -0.05) is 18.2 Å². The first-order valence-electron chi connectivity index (χ1n) is 4.50. The van der Waals surface area contributed by atoms with Gasteiger partial charge in [-0.05, 0) is 37.8 Å². The standard InChI is InChI=1S/C11H14O/c1-8-4-3-5-9(2)11(8)12-10-6-7-10/h3-5,10H,6-7H2,1-2H3. The third-order valence-corrected chi connectivity index (χ3v) is 2.22. The van der Waals surface area contributed by atoms with E-state index in [9.17, 15) is 0 Å². The van der Waals surface area contributed by atoms with Crippen molar-refractivity contribution in [2.75, 3.05) is 0 Å². The molecule has 1 aliphatic rings. The van der Waals surface area contributed by atoms with Gasteiger partial charge in [0.05, 0.1) is 6.10 Å². The van der Waals surface area contributed by atoms with Crippen molar-refractivity contribution in [1.29, 1.82) is 0 Å². The van der Waals surface area contributed by atoms with E-state index in [-0.39, 0.29) is 0 Å². The Hall–Kier alpha value is -0.980. The molecule has 1 aliphatic carbocycles. The van der Waals surface area contributed by atoms with Gasteiger partial charge < -0.3 is 4.74 Å². The van der Waals surface area contributed by atoms with E-state index < -0.39 is 0 Å². The zero-order valence-corrected chi connectivity index (χ0v) is 7.63. The second-order valence-electron chi connectivity index (χ2n) is 3.54. The predicted octanol–water partition coefficient (Wildman–Crippen LogP) is 2.84. The quantitative estimate of drug-likeness (QED) is 0.649. The number of aryl methyl sites for hydroxylation is 2. The maximum atomic E-state index is 5.79. The van der Waals surface area contributed by atoms with Gasteiger partial charge in [-0.3, -0.25) is 0 Å². The van der Waals surface area contributed by atoms with Crippen LogP contribution in [0, 0.1) is 13.8 Å². The molecule has 64 valence electrons. The fraction of sp³-hybridized carbons (Fsp3) is 0.455. The molecule has 0 aliphatic heterocycles. The van der Waals surface area contributed by atoms with Gasteiger partial charge in [0.1, 0.15) is 5.75 Å². The van der Waals surface area contributed by atoms with Crippen LogP contribution in [-0.4, -0.2) is 6.10 Å². The first-order chi connectivity index (χ1) is 5.77. The van der Waals surface area contributed by atoms with Crippen molar-refractivity contribution in [3.05, 3.63) is 29.3 Å². The second kappa shape index (κ2) is 2.81. The molecule has 1 saturated carbocycles. The van der Waals surface area contributed by atoms with Gasteiger partial charge in [-0.15, -0.1) is 0 Å². The summed E-state index contributed by atoms with van der Waals surface area (Å²) in [6, 6.07) is 6.28. The lowest BCUT2D eigenvalue weighted by Crippen LogP contribution is -1.99. The third kappa shape index (κ3) is 1.45. The molecule has 0 aromatic heterocycles. The summed E-state index contributed by atoms with van der Waals surface area (Å²) < 4.78 is 5.79. The first-order valence-corrected chi connectivity index (χ1v) is 4.50. The van der Waals surface area contributed by atoms with E-state index in [1.807, 2.05) is 0 Å². The van der Waals surface area contributed by atoms with Crippen molar-refractivity contribution in [2.24, 2.45) is 0 Å². The molecule has 0 spiro atoms. The average molecular weight is 162 g/mol. The van der Waals surface area contributed by atoms with E-state index in [1.54, 1.807) is 0 Å². The molecule has 0 saturated heterocycles. The van der Waals surface area contributed by atoms with Gasteiger partial charge >= 0.3 is 0 Å². The van der Waals surface area contributed by atoms with E-state index in [2.05, 4.69) is 32.0 Å². The number of benzene rings is 1. The van der Waals surface area contributed by atoms with Crippen LogP contribution in [0.4, 0.5) is 0 Å². The Bertz CT molecular complexity index is 267. The fourth-order valence-corrected chi connectivity index (χ4v) is 1.34. The number of rotatable bonds is 2. The summed E-state index contributed by atoms with van der Waals surface area (Å²) >= 11 is 0. The molecule has 1 aromatic carbocycles. The summed E-state index contributed by atoms with van der Waals surface area (Å²) in [4.78, 5) is 0. The van der Waals surface area contributed by atoms with E-state index in [0.29, 0.717) is 6.10 Å². The van der Waals surface area contributed by atoms with Crippen molar-refractivity contribution < 1.29 is 4.74 Å². The minimum absolute atomic E-state index is 0.504. The number of para-hydroxylation sites is 1. The summed E-state index contributed by atoms with van der Waals surface area (Å²) in [5.74, 6) is 1.10. The molecule has 2 rings (SSSR count). The Balaban J connectivity index is 2.26. The zero-order valence-electron chi connectivity index (χ0n) is 7.63. The molecule has 1 fully saturated rings. The van der Waals surface area contributed by atoms with Crippen LogP contribution in [0.1, 0.15) is 24.0 Å². The topological polar surface area (TPSA) is 9.23 Å². The Labute approximate surface area is 73.4 Å². The highest BCUT2D eigenvalue weighted by Crippen LogP contribution is 2.30. The van der Waals surface area contributed by atoms with Crippen LogP contribution in [0.2, 0.25) is 0 Å². The molecule has 1 aromatic rings. The lowest BCUT2D eigenvalue weighted by molar-refractivity contribution is 0.299. The monoisotopic (exact) mass is 162 g/mol.